The number of hydrazine groups is 2. The van der Waals surface area contributed by atoms with Crippen LogP contribution in [0.25, 0.3) is 0 Å². The second-order valence-corrected chi connectivity index (χ2v) is 3.86. The number of hydrogen-bond acceptors (Lipinski definition) is 3. The Labute approximate surface area is 76.2 Å². The second-order valence-electron chi connectivity index (χ2n) is 3.86. The van der Waals surface area contributed by atoms with Gasteiger partial charge in [-0.15, -0.1) is 0 Å². The summed E-state index contributed by atoms with van der Waals surface area (Å²) in [6.45, 7) is 0. The van der Waals surface area contributed by atoms with Crippen molar-refractivity contribution in [3.63, 3.8) is 0 Å². The molecule has 0 bridgehead atoms. The molecule has 1 aliphatic carbocycles. The fourth-order valence-corrected chi connectivity index (χ4v) is 2.09. The Bertz CT molecular complexity index is 186. The summed E-state index contributed by atoms with van der Waals surface area (Å²) < 4.78 is 26.9. The van der Waals surface area contributed by atoms with Gasteiger partial charge in [-0.3, -0.25) is 0 Å². The average Bonchev–Trinajstić information content (AvgIpc) is 2.49. The summed E-state index contributed by atoms with van der Waals surface area (Å²) in [5.74, 6) is -2.58. The molecule has 2 aliphatic rings. The molecule has 0 aromatic heterocycles. The van der Waals surface area contributed by atoms with E-state index in [2.05, 4.69) is 16.4 Å². The van der Waals surface area contributed by atoms with Crippen LogP contribution in [0.4, 0.5) is 8.78 Å². The fraction of sp³-hybridized carbons (Fsp3) is 1.00. The predicted octanol–water partition coefficient (Wildman–Crippen LogP) is 0.935. The second kappa shape index (κ2) is 3.48. The summed E-state index contributed by atoms with van der Waals surface area (Å²) in [6, 6.07) is -0.872. The number of rotatable bonds is 0. The summed E-state index contributed by atoms with van der Waals surface area (Å²) in [4.78, 5) is 0. The summed E-state index contributed by atoms with van der Waals surface area (Å²) in [5, 5.41) is 0. The third-order valence-corrected chi connectivity index (χ3v) is 2.87. The molecule has 3 nitrogen and oxygen atoms in total. The van der Waals surface area contributed by atoms with E-state index in [-0.39, 0.29) is 12.5 Å². The SMILES string of the molecule is FC1(F)CCCCCC2NNNC21. The highest BCUT2D eigenvalue weighted by Crippen LogP contribution is 2.32. The molecule has 1 saturated heterocycles. The van der Waals surface area contributed by atoms with E-state index < -0.39 is 12.0 Å². The van der Waals surface area contributed by atoms with Gasteiger partial charge in [0.25, 0.3) is 5.92 Å². The topological polar surface area (TPSA) is 36.1 Å². The molecule has 1 saturated carbocycles. The molecule has 0 aromatic carbocycles. The number of alkyl halides is 2. The molecule has 2 unspecified atom stereocenters. The molecular formula is C8H15F2N3. The van der Waals surface area contributed by atoms with E-state index in [0.29, 0.717) is 6.42 Å². The molecule has 1 heterocycles. The third kappa shape index (κ3) is 1.82. The minimum Gasteiger partial charge on any atom is -0.239 e. The molecule has 0 amide bonds. The van der Waals surface area contributed by atoms with Crippen molar-refractivity contribution in [3.8, 4) is 0 Å². The van der Waals surface area contributed by atoms with Crippen LogP contribution in [-0.2, 0) is 0 Å². The molecule has 2 fully saturated rings. The van der Waals surface area contributed by atoms with E-state index in [1.165, 1.54) is 0 Å². The summed E-state index contributed by atoms with van der Waals surface area (Å²) in [7, 11) is 0. The summed E-state index contributed by atoms with van der Waals surface area (Å²) in [6.07, 6.45) is 3.41. The Morgan fingerprint density at radius 3 is 2.77 bits per heavy atom. The monoisotopic (exact) mass is 191 g/mol. The van der Waals surface area contributed by atoms with Crippen LogP contribution in [0.5, 0.6) is 0 Å². The first-order chi connectivity index (χ1) is 6.20. The van der Waals surface area contributed by atoms with Crippen molar-refractivity contribution in [1.82, 2.24) is 16.4 Å². The summed E-state index contributed by atoms with van der Waals surface area (Å²) in [5.41, 5.74) is 8.04. The highest BCUT2D eigenvalue weighted by atomic mass is 19.3. The van der Waals surface area contributed by atoms with Crippen LogP contribution in [0.3, 0.4) is 0 Å². The Morgan fingerprint density at radius 2 is 1.92 bits per heavy atom. The predicted molar refractivity (Wildman–Crippen MR) is 45.0 cm³/mol. The van der Waals surface area contributed by atoms with Crippen molar-refractivity contribution < 1.29 is 8.78 Å². The van der Waals surface area contributed by atoms with Crippen LogP contribution >= 0.6 is 0 Å². The normalized spacial score (nSPS) is 39.2. The zero-order chi connectivity index (χ0) is 9.31. The lowest BCUT2D eigenvalue weighted by Gasteiger charge is -2.29. The lowest BCUT2D eigenvalue weighted by atomic mass is 9.90. The van der Waals surface area contributed by atoms with E-state index in [4.69, 9.17) is 0 Å². The molecule has 76 valence electrons. The van der Waals surface area contributed by atoms with Crippen LogP contribution < -0.4 is 16.4 Å². The van der Waals surface area contributed by atoms with Crippen LogP contribution in [-0.4, -0.2) is 18.0 Å². The zero-order valence-corrected chi connectivity index (χ0v) is 7.45. The Morgan fingerprint density at radius 1 is 1.08 bits per heavy atom. The molecule has 2 atom stereocenters. The van der Waals surface area contributed by atoms with Gasteiger partial charge in [0.15, 0.2) is 0 Å². The molecule has 2 rings (SSSR count). The first-order valence-electron chi connectivity index (χ1n) is 4.84. The first-order valence-corrected chi connectivity index (χ1v) is 4.84. The maximum Gasteiger partial charge on any atom is 0.266 e. The Balaban J connectivity index is 2.09. The molecule has 1 aliphatic heterocycles. The van der Waals surface area contributed by atoms with Crippen LogP contribution in [0.2, 0.25) is 0 Å². The van der Waals surface area contributed by atoms with E-state index in [9.17, 15) is 8.78 Å². The number of hydrogen-bond donors (Lipinski definition) is 3. The highest BCUT2D eigenvalue weighted by molar-refractivity contribution is 4.95. The van der Waals surface area contributed by atoms with E-state index in [1.54, 1.807) is 0 Å². The van der Waals surface area contributed by atoms with E-state index in [0.717, 1.165) is 19.3 Å². The Kier molecular flexibility index (Phi) is 2.49. The quantitative estimate of drug-likeness (QED) is 0.533. The lowest BCUT2D eigenvalue weighted by molar-refractivity contribution is -0.0516. The average molecular weight is 191 g/mol. The number of halogens is 2. The van der Waals surface area contributed by atoms with Gasteiger partial charge >= 0.3 is 0 Å². The molecule has 13 heavy (non-hydrogen) atoms. The van der Waals surface area contributed by atoms with Gasteiger partial charge in [0, 0.05) is 12.5 Å². The fourth-order valence-electron chi connectivity index (χ4n) is 2.09. The number of nitrogens with one attached hydrogen (secondary N) is 3. The lowest BCUT2D eigenvalue weighted by Crippen LogP contribution is -2.49. The smallest absolute Gasteiger partial charge is 0.239 e. The van der Waals surface area contributed by atoms with Gasteiger partial charge in [-0.1, -0.05) is 12.8 Å². The third-order valence-electron chi connectivity index (χ3n) is 2.87. The van der Waals surface area contributed by atoms with Crippen molar-refractivity contribution >= 4 is 0 Å². The van der Waals surface area contributed by atoms with Crippen molar-refractivity contribution in [1.29, 1.82) is 0 Å². The van der Waals surface area contributed by atoms with Gasteiger partial charge < -0.3 is 0 Å². The van der Waals surface area contributed by atoms with Crippen molar-refractivity contribution in [2.45, 2.75) is 50.1 Å². The molecule has 0 spiro atoms. The molecular weight excluding hydrogens is 176 g/mol. The minimum atomic E-state index is -2.58. The first kappa shape index (κ1) is 9.30. The molecule has 3 N–H and O–H groups in total. The van der Waals surface area contributed by atoms with Gasteiger partial charge in [0.2, 0.25) is 0 Å². The highest BCUT2D eigenvalue weighted by Gasteiger charge is 2.46. The summed E-state index contributed by atoms with van der Waals surface area (Å²) >= 11 is 0. The Hall–Kier alpha value is -0.260. The van der Waals surface area contributed by atoms with Crippen molar-refractivity contribution in [3.05, 3.63) is 0 Å². The maximum absolute atomic E-state index is 13.5. The number of fused-ring (bicyclic) bond motifs is 1. The zero-order valence-electron chi connectivity index (χ0n) is 7.45. The van der Waals surface area contributed by atoms with Crippen molar-refractivity contribution in [2.24, 2.45) is 0 Å². The minimum absolute atomic E-state index is 0.00449. The molecule has 5 heteroatoms. The van der Waals surface area contributed by atoms with E-state index >= 15 is 0 Å². The van der Waals surface area contributed by atoms with Crippen LogP contribution in [0.15, 0.2) is 0 Å². The van der Waals surface area contributed by atoms with Crippen molar-refractivity contribution in [2.75, 3.05) is 0 Å². The van der Waals surface area contributed by atoms with E-state index in [1.807, 2.05) is 0 Å². The van der Waals surface area contributed by atoms with Crippen LogP contribution in [0, 0.1) is 0 Å². The molecule has 0 aromatic rings. The largest absolute Gasteiger partial charge is 0.266 e. The molecule has 0 radical (unpaired) electrons. The standard InChI is InChI=1S/C8H15F2N3/c9-8(10)5-3-1-2-4-6-7(8)12-13-11-6/h6-7,11-13H,1-5H2. The van der Waals surface area contributed by atoms with Gasteiger partial charge in [-0.25, -0.2) is 19.6 Å². The van der Waals surface area contributed by atoms with Gasteiger partial charge in [-0.05, 0) is 12.8 Å². The van der Waals surface area contributed by atoms with Gasteiger partial charge in [0.05, 0.1) is 0 Å². The maximum atomic E-state index is 13.5. The van der Waals surface area contributed by atoms with Gasteiger partial charge in [-0.2, -0.15) is 5.53 Å². The van der Waals surface area contributed by atoms with Gasteiger partial charge in [0.1, 0.15) is 6.04 Å². The van der Waals surface area contributed by atoms with Crippen LogP contribution in [0.1, 0.15) is 32.1 Å².